The molecule has 2 atom stereocenters. The summed E-state index contributed by atoms with van der Waals surface area (Å²) in [5, 5.41) is 10.2. The molecule has 2 heterocycles. The van der Waals surface area contributed by atoms with Crippen LogP contribution in [0.3, 0.4) is 0 Å². The van der Waals surface area contributed by atoms with Crippen LogP contribution in [-0.4, -0.2) is 23.0 Å². The molecule has 1 aromatic heterocycles. The van der Waals surface area contributed by atoms with Gasteiger partial charge in [0.2, 0.25) is 0 Å². The fraction of sp³-hybridized carbons (Fsp3) is 0.433. The Hall–Kier alpha value is -2.66. The quantitative estimate of drug-likeness (QED) is 0.316. The van der Waals surface area contributed by atoms with Crippen molar-refractivity contribution in [3.63, 3.8) is 0 Å². The van der Waals surface area contributed by atoms with Gasteiger partial charge in [0.25, 0.3) is 0 Å². The Kier molecular flexibility index (Phi) is 9.07. The van der Waals surface area contributed by atoms with Gasteiger partial charge in [0.05, 0.1) is 12.7 Å². The third-order valence-electron chi connectivity index (χ3n) is 6.90. The number of ether oxygens (including phenoxy) is 1. The zero-order valence-corrected chi connectivity index (χ0v) is 23.2. The highest BCUT2D eigenvalue weighted by Gasteiger charge is 2.32. The van der Waals surface area contributed by atoms with Crippen LogP contribution in [0.4, 0.5) is 0 Å². The average molecular weight is 524 g/mol. The number of phenolic OH excluding ortho intramolecular Hbond substituents is 1. The van der Waals surface area contributed by atoms with Gasteiger partial charge in [-0.05, 0) is 96.7 Å². The van der Waals surface area contributed by atoms with Crippen LogP contribution in [-0.2, 0) is 20.0 Å². The summed E-state index contributed by atoms with van der Waals surface area (Å²) < 4.78 is 31.7. The Morgan fingerprint density at radius 3 is 2.59 bits per heavy atom. The van der Waals surface area contributed by atoms with Crippen LogP contribution in [0.2, 0.25) is 0 Å². The van der Waals surface area contributed by atoms with Crippen molar-refractivity contribution in [2.45, 2.75) is 71.8 Å². The van der Waals surface area contributed by atoms with E-state index in [0.29, 0.717) is 18.1 Å². The molecule has 6 nitrogen and oxygen atoms in total. The summed E-state index contributed by atoms with van der Waals surface area (Å²) in [5.74, 6) is 1.24. The summed E-state index contributed by atoms with van der Waals surface area (Å²) in [7, 11) is -3.49. The molecule has 0 bridgehead atoms. The minimum atomic E-state index is -3.49. The standard InChI is InChI=1S/C30H38NO5P/c1-21(2)27-17-24(11-12-29(27)32)18-28-22(3)15-26(16-23(28)4)34-20-37(33)35-14-7-5-6-10-30(36-37)25-9-8-13-31-19-25/h8-9,11-13,15-17,19,21,30,32H,5-7,10,14,18,20H2,1-4H3. The predicted octanol–water partition coefficient (Wildman–Crippen LogP) is 8.00. The molecule has 7 heteroatoms. The summed E-state index contributed by atoms with van der Waals surface area (Å²) in [6, 6.07) is 13.6. The van der Waals surface area contributed by atoms with Crippen LogP contribution < -0.4 is 4.74 Å². The lowest BCUT2D eigenvalue weighted by Crippen LogP contribution is -2.10. The normalized spacial score (nSPS) is 20.7. The number of phenols is 1. The fourth-order valence-electron chi connectivity index (χ4n) is 4.80. The van der Waals surface area contributed by atoms with Gasteiger partial charge >= 0.3 is 7.60 Å². The molecule has 2 aromatic carbocycles. The molecule has 0 spiro atoms. The smallest absolute Gasteiger partial charge is 0.368 e. The predicted molar refractivity (Wildman–Crippen MR) is 147 cm³/mol. The number of aromatic hydroxyl groups is 1. The van der Waals surface area contributed by atoms with E-state index in [1.54, 1.807) is 18.5 Å². The molecule has 0 amide bonds. The van der Waals surface area contributed by atoms with E-state index in [4.69, 9.17) is 13.8 Å². The molecule has 198 valence electrons. The largest absolute Gasteiger partial charge is 0.508 e. The number of rotatable bonds is 7. The third-order valence-corrected chi connectivity index (χ3v) is 8.49. The Morgan fingerprint density at radius 2 is 1.89 bits per heavy atom. The number of aryl methyl sites for hydroxylation is 2. The molecular formula is C30H38NO5P. The van der Waals surface area contributed by atoms with E-state index in [-0.39, 0.29) is 18.4 Å². The number of benzene rings is 2. The molecule has 1 saturated heterocycles. The Balaban J connectivity index is 1.49. The van der Waals surface area contributed by atoms with E-state index in [0.717, 1.165) is 59.9 Å². The molecule has 1 fully saturated rings. The zero-order chi connectivity index (χ0) is 26.4. The maximum absolute atomic E-state index is 13.7. The summed E-state index contributed by atoms with van der Waals surface area (Å²) in [4.78, 5) is 4.20. The Bertz CT molecular complexity index is 1220. The summed E-state index contributed by atoms with van der Waals surface area (Å²) in [6.07, 6.45) is 7.34. The topological polar surface area (TPSA) is 77.9 Å². The van der Waals surface area contributed by atoms with Gasteiger partial charge in [-0.15, -0.1) is 0 Å². The molecule has 1 N–H and O–H groups in total. The van der Waals surface area contributed by atoms with Crippen molar-refractivity contribution in [3.8, 4) is 11.5 Å². The van der Waals surface area contributed by atoms with Gasteiger partial charge in [0.1, 0.15) is 11.5 Å². The molecule has 3 aromatic rings. The molecule has 1 aliphatic heterocycles. The first-order chi connectivity index (χ1) is 17.7. The number of aromatic nitrogens is 1. The highest BCUT2D eigenvalue weighted by molar-refractivity contribution is 7.53. The Labute approximate surface area is 220 Å². The third kappa shape index (κ3) is 7.22. The number of nitrogens with zero attached hydrogens (tertiary/aromatic N) is 1. The van der Waals surface area contributed by atoms with Crippen LogP contribution in [0.1, 0.15) is 84.9 Å². The van der Waals surface area contributed by atoms with Crippen molar-refractivity contribution in [1.82, 2.24) is 4.98 Å². The number of pyridine rings is 1. The van der Waals surface area contributed by atoms with E-state index >= 15 is 0 Å². The lowest BCUT2D eigenvalue weighted by Gasteiger charge is -2.24. The zero-order valence-electron chi connectivity index (χ0n) is 22.3. The van der Waals surface area contributed by atoms with E-state index in [1.807, 2.05) is 30.3 Å². The van der Waals surface area contributed by atoms with Crippen LogP contribution in [0.15, 0.2) is 54.9 Å². The second-order valence-corrected chi connectivity index (χ2v) is 12.2. The summed E-state index contributed by atoms with van der Waals surface area (Å²) >= 11 is 0. The lowest BCUT2D eigenvalue weighted by molar-refractivity contribution is 0.134. The van der Waals surface area contributed by atoms with E-state index in [2.05, 4.69) is 38.7 Å². The first-order valence-corrected chi connectivity index (χ1v) is 14.8. The van der Waals surface area contributed by atoms with Crippen molar-refractivity contribution < 1.29 is 23.5 Å². The average Bonchev–Trinajstić information content (AvgIpc) is 2.97. The summed E-state index contributed by atoms with van der Waals surface area (Å²) in [6.45, 7) is 8.68. The molecule has 2 unspecified atom stereocenters. The van der Waals surface area contributed by atoms with Crippen molar-refractivity contribution in [2.75, 3.05) is 13.0 Å². The summed E-state index contributed by atoms with van der Waals surface area (Å²) in [5.41, 5.74) is 6.41. The Morgan fingerprint density at radius 1 is 1.11 bits per heavy atom. The molecule has 0 saturated carbocycles. The van der Waals surface area contributed by atoms with Crippen LogP contribution in [0.5, 0.6) is 11.5 Å². The lowest BCUT2D eigenvalue weighted by atomic mass is 9.93. The highest BCUT2D eigenvalue weighted by Crippen LogP contribution is 2.53. The van der Waals surface area contributed by atoms with E-state index in [9.17, 15) is 9.67 Å². The monoisotopic (exact) mass is 523 g/mol. The molecule has 0 radical (unpaired) electrons. The fourth-order valence-corrected chi connectivity index (χ4v) is 6.33. The van der Waals surface area contributed by atoms with Crippen molar-refractivity contribution >= 4 is 7.60 Å². The van der Waals surface area contributed by atoms with Crippen LogP contribution in [0.25, 0.3) is 0 Å². The second-order valence-electron chi connectivity index (χ2n) is 10.2. The first-order valence-electron chi connectivity index (χ1n) is 13.1. The van der Waals surface area contributed by atoms with Crippen molar-refractivity contribution in [3.05, 3.63) is 88.2 Å². The molecule has 1 aliphatic rings. The van der Waals surface area contributed by atoms with Crippen LogP contribution in [0, 0.1) is 13.8 Å². The highest BCUT2D eigenvalue weighted by atomic mass is 31.2. The van der Waals surface area contributed by atoms with E-state index in [1.165, 1.54) is 5.56 Å². The molecule has 0 aliphatic carbocycles. The van der Waals surface area contributed by atoms with Crippen LogP contribution >= 0.6 is 7.60 Å². The molecule has 4 rings (SSSR count). The minimum absolute atomic E-state index is 0.141. The van der Waals surface area contributed by atoms with Crippen molar-refractivity contribution in [1.29, 1.82) is 0 Å². The van der Waals surface area contributed by atoms with Gasteiger partial charge < -0.3 is 14.4 Å². The maximum atomic E-state index is 13.7. The van der Waals surface area contributed by atoms with Gasteiger partial charge in [0.15, 0.2) is 6.35 Å². The van der Waals surface area contributed by atoms with Gasteiger partial charge in [0, 0.05) is 12.4 Å². The minimum Gasteiger partial charge on any atom is -0.508 e. The maximum Gasteiger partial charge on any atom is 0.368 e. The van der Waals surface area contributed by atoms with Gasteiger partial charge in [-0.25, -0.2) is 0 Å². The molecule has 37 heavy (non-hydrogen) atoms. The number of hydrogen-bond acceptors (Lipinski definition) is 6. The van der Waals surface area contributed by atoms with Crippen molar-refractivity contribution in [2.24, 2.45) is 0 Å². The second kappa shape index (κ2) is 12.3. The van der Waals surface area contributed by atoms with Gasteiger partial charge in [-0.1, -0.05) is 44.9 Å². The van der Waals surface area contributed by atoms with Gasteiger partial charge in [-0.2, -0.15) is 0 Å². The van der Waals surface area contributed by atoms with E-state index < -0.39 is 7.60 Å². The number of hydrogen-bond donors (Lipinski definition) is 1. The first kappa shape index (κ1) is 27.4. The molecular weight excluding hydrogens is 485 g/mol. The van der Waals surface area contributed by atoms with Gasteiger partial charge in [-0.3, -0.25) is 14.1 Å². The SMILES string of the molecule is Cc1cc(OCP2(=O)OCCCCCC(c3cccnc3)O2)cc(C)c1Cc1ccc(O)c(C(C)C)c1.